The molecule has 0 aromatic carbocycles. The van der Waals surface area contributed by atoms with Crippen LogP contribution in [0, 0.1) is 24.0 Å². The fraction of sp³-hybridized carbons (Fsp3) is 0.600. The average molecular weight is 551 g/mol. The molecule has 0 heterocycles. The van der Waals surface area contributed by atoms with Gasteiger partial charge in [-0.15, -0.1) is 0 Å². The van der Waals surface area contributed by atoms with Crippen molar-refractivity contribution in [3.05, 3.63) is 46.6 Å². The Kier molecular flexibility index (Phi) is 24.8. The molecule has 2 unspecified atom stereocenters. The third kappa shape index (κ3) is 14.9. The van der Waals surface area contributed by atoms with E-state index in [1.54, 1.807) is 0 Å². The summed E-state index contributed by atoms with van der Waals surface area (Å²) in [6.45, 7) is 17.3. The first kappa shape index (κ1) is 32.3. The van der Waals surface area contributed by atoms with Crippen LogP contribution in [0.4, 0.5) is 0 Å². The maximum absolute atomic E-state index is 3.29. The molecule has 0 aromatic rings. The summed E-state index contributed by atoms with van der Waals surface area (Å²) in [6.07, 6.45) is 11.0. The summed E-state index contributed by atoms with van der Waals surface area (Å²) in [5.41, 5.74) is 5.44. The first-order valence-electron chi connectivity index (χ1n) is 8.19. The molecule has 2 rings (SSSR count). The van der Waals surface area contributed by atoms with E-state index in [9.17, 15) is 0 Å². The molecule has 0 aromatic heterocycles. The Balaban J connectivity index is -0.000000121. The zero-order valence-corrected chi connectivity index (χ0v) is 22.8. The first-order valence-corrected chi connectivity index (χ1v) is 9.83. The molecule has 0 saturated carbocycles. The minimum absolute atomic E-state index is 0. The van der Waals surface area contributed by atoms with Crippen molar-refractivity contribution in [2.45, 2.75) is 67.5 Å². The summed E-state index contributed by atoms with van der Waals surface area (Å²) in [5, 5.41) is 0. The van der Waals surface area contributed by atoms with Gasteiger partial charge in [-0.25, -0.2) is 23.3 Å². The van der Waals surface area contributed by atoms with E-state index in [1.807, 2.05) is 0 Å². The number of halogens is 2. The molecule has 0 fully saturated rings. The predicted molar refractivity (Wildman–Crippen MR) is 98.8 cm³/mol. The summed E-state index contributed by atoms with van der Waals surface area (Å²) in [4.78, 5) is 0. The molecule has 0 aliphatic heterocycles. The quantitative estimate of drug-likeness (QED) is 0.335. The topological polar surface area (TPSA) is 0 Å². The maximum atomic E-state index is 3.29. The van der Waals surface area contributed by atoms with Crippen LogP contribution in [0.25, 0.3) is 0 Å². The van der Waals surface area contributed by atoms with Gasteiger partial charge in [0.2, 0.25) is 0 Å². The van der Waals surface area contributed by atoms with Crippen LogP contribution in [0.2, 0.25) is 12.1 Å². The van der Waals surface area contributed by atoms with Crippen LogP contribution in [0.15, 0.2) is 34.4 Å². The molecule has 0 nitrogen and oxygen atoms in total. The summed E-state index contributed by atoms with van der Waals surface area (Å²) < 4.78 is 0. The van der Waals surface area contributed by atoms with Crippen LogP contribution in [-0.2, 0) is 25.8 Å². The van der Waals surface area contributed by atoms with Gasteiger partial charge >= 0.3 is 25.8 Å². The molecule has 135 valence electrons. The third-order valence-electron chi connectivity index (χ3n) is 3.72. The fourth-order valence-electron chi connectivity index (χ4n) is 2.22. The molecular weight excluding hydrogens is 518 g/mol. The standard InChI is InChI=1S/2C8H11.C4H11Si.2ClH.Hf/c2*1-6-4-7(2)8(3)5-6;1-3-5-4-2;;;/h2*4,8H,1-3H3;5H,3-4H2,1-2H3;2*1H;/q2*-1;;;;+4/p-2. The second kappa shape index (κ2) is 18.4. The molecule has 1 radical (unpaired) electrons. The van der Waals surface area contributed by atoms with Crippen molar-refractivity contribution in [1.29, 1.82) is 0 Å². The van der Waals surface area contributed by atoms with Gasteiger partial charge in [-0.3, -0.25) is 12.2 Å². The number of rotatable bonds is 2. The van der Waals surface area contributed by atoms with E-state index in [2.05, 4.69) is 79.7 Å². The van der Waals surface area contributed by atoms with Gasteiger partial charge in [0, 0.05) is 9.52 Å². The van der Waals surface area contributed by atoms with Gasteiger partial charge in [0.1, 0.15) is 0 Å². The van der Waals surface area contributed by atoms with E-state index in [1.165, 1.54) is 34.4 Å². The van der Waals surface area contributed by atoms with E-state index in [0.717, 1.165) is 9.52 Å². The third-order valence-corrected chi connectivity index (χ3v) is 4.87. The molecule has 0 bridgehead atoms. The molecule has 0 saturated heterocycles. The van der Waals surface area contributed by atoms with Gasteiger partial charge < -0.3 is 24.8 Å². The van der Waals surface area contributed by atoms with E-state index >= 15 is 0 Å². The average Bonchev–Trinajstić information content (AvgIpc) is 2.83. The molecule has 2 atom stereocenters. The normalized spacial score (nSPS) is 20.2. The molecule has 4 heteroatoms. The minimum Gasteiger partial charge on any atom is -1.00 e. The van der Waals surface area contributed by atoms with Crippen LogP contribution in [0.3, 0.4) is 0 Å². The number of hydrogen-bond acceptors (Lipinski definition) is 0. The molecule has 0 amide bonds. The summed E-state index contributed by atoms with van der Waals surface area (Å²) >= 11 is 0. The molecule has 2 aliphatic rings. The van der Waals surface area contributed by atoms with Crippen molar-refractivity contribution >= 4 is 9.52 Å². The van der Waals surface area contributed by atoms with Gasteiger partial charge in [-0.05, 0) is 0 Å². The molecule has 0 N–H and O–H groups in total. The van der Waals surface area contributed by atoms with Gasteiger partial charge in [0.05, 0.1) is 0 Å². The van der Waals surface area contributed by atoms with Crippen LogP contribution >= 0.6 is 0 Å². The molecule has 0 spiro atoms. The van der Waals surface area contributed by atoms with Crippen molar-refractivity contribution in [1.82, 2.24) is 0 Å². The SMILES string of the molecule is CC1=[C-]C(C)C(C)=C1.CC1=[C-]C(C)C(C)=C1.CC[SiH]CC.[Cl-].[Cl-].[Hf+4]. The van der Waals surface area contributed by atoms with Crippen molar-refractivity contribution in [3.63, 3.8) is 0 Å². The first-order chi connectivity index (χ1) is 9.81. The molecule has 2 aliphatic carbocycles. The van der Waals surface area contributed by atoms with Gasteiger partial charge in [0.25, 0.3) is 0 Å². The van der Waals surface area contributed by atoms with E-state index in [0.29, 0.717) is 11.8 Å². The smallest absolute Gasteiger partial charge is 1.00 e. The van der Waals surface area contributed by atoms with Crippen LogP contribution in [-0.4, -0.2) is 9.52 Å². The second-order valence-electron chi connectivity index (χ2n) is 5.98. The molecular formula is C20H33Cl2HfSi. The molecule has 24 heavy (non-hydrogen) atoms. The van der Waals surface area contributed by atoms with Gasteiger partial charge in [-0.1, -0.05) is 79.3 Å². The van der Waals surface area contributed by atoms with Crippen LogP contribution < -0.4 is 24.8 Å². The Morgan fingerprint density at radius 3 is 1.12 bits per heavy atom. The predicted octanol–water partition coefficient (Wildman–Crippen LogP) is -0.0314. The summed E-state index contributed by atoms with van der Waals surface area (Å²) in [6, 6.07) is 2.85. The van der Waals surface area contributed by atoms with E-state index < -0.39 is 0 Å². The summed E-state index contributed by atoms with van der Waals surface area (Å²) in [7, 11) is 0.815. The number of hydrogen-bond donors (Lipinski definition) is 0. The van der Waals surface area contributed by atoms with Crippen molar-refractivity contribution < 1.29 is 50.7 Å². The summed E-state index contributed by atoms with van der Waals surface area (Å²) in [5.74, 6) is 1.13. The Morgan fingerprint density at radius 1 is 0.792 bits per heavy atom. The monoisotopic (exact) mass is 551 g/mol. The minimum atomic E-state index is 0. The van der Waals surface area contributed by atoms with Crippen molar-refractivity contribution in [2.24, 2.45) is 11.8 Å². The van der Waals surface area contributed by atoms with Gasteiger partial charge in [0.15, 0.2) is 0 Å². The van der Waals surface area contributed by atoms with Crippen molar-refractivity contribution in [2.75, 3.05) is 0 Å². The van der Waals surface area contributed by atoms with E-state index in [4.69, 9.17) is 0 Å². The zero-order chi connectivity index (χ0) is 16.4. The van der Waals surface area contributed by atoms with Crippen LogP contribution in [0.5, 0.6) is 0 Å². The number of allylic oxidation sites excluding steroid dienone is 8. The fourth-order valence-corrected chi connectivity index (χ4v) is 2.79. The Bertz CT molecular complexity index is 397. The Labute approximate surface area is 185 Å². The second-order valence-corrected chi connectivity index (χ2v) is 8.19. The maximum Gasteiger partial charge on any atom is 4.00 e. The zero-order valence-electron chi connectivity index (χ0n) is 16.6. The Hall–Kier alpha value is 0.627. The largest absolute Gasteiger partial charge is 4.00 e. The Morgan fingerprint density at radius 2 is 1.08 bits per heavy atom. The van der Waals surface area contributed by atoms with Crippen LogP contribution in [0.1, 0.15) is 55.4 Å². The van der Waals surface area contributed by atoms with Gasteiger partial charge in [-0.2, -0.15) is 11.1 Å². The van der Waals surface area contributed by atoms with Crippen molar-refractivity contribution in [3.8, 4) is 0 Å². The van der Waals surface area contributed by atoms with E-state index in [-0.39, 0.29) is 50.7 Å².